The summed E-state index contributed by atoms with van der Waals surface area (Å²) in [6.45, 7) is 6.26. The van der Waals surface area contributed by atoms with Crippen molar-refractivity contribution in [3.63, 3.8) is 0 Å². The van der Waals surface area contributed by atoms with Crippen LogP contribution in [0.3, 0.4) is 0 Å². The molecule has 4 heteroatoms. The average molecular weight is 285 g/mol. The summed E-state index contributed by atoms with van der Waals surface area (Å²) in [5.41, 5.74) is 8.76. The highest BCUT2D eigenvalue weighted by Crippen LogP contribution is 2.40. The third kappa shape index (κ3) is 3.04. The molecule has 21 heavy (non-hydrogen) atoms. The van der Waals surface area contributed by atoms with Gasteiger partial charge < -0.3 is 10.5 Å². The minimum Gasteiger partial charge on any atom is -0.491 e. The highest BCUT2D eigenvalue weighted by atomic mass is 16.5. The number of hydrogen-bond donors (Lipinski definition) is 1. The lowest BCUT2D eigenvalue weighted by atomic mass is 10.1. The van der Waals surface area contributed by atoms with E-state index in [-0.39, 0.29) is 6.10 Å². The minimum atomic E-state index is 0.180. The Balaban J connectivity index is 1.82. The van der Waals surface area contributed by atoms with Crippen molar-refractivity contribution >= 4 is 5.69 Å². The number of anilines is 1. The van der Waals surface area contributed by atoms with Gasteiger partial charge in [0.2, 0.25) is 0 Å². The molecule has 1 aliphatic rings. The normalized spacial score (nSPS) is 16.2. The predicted molar refractivity (Wildman–Crippen MR) is 85.3 cm³/mol. The molecule has 1 aliphatic carbocycles. The van der Waals surface area contributed by atoms with Gasteiger partial charge in [-0.05, 0) is 63.8 Å². The highest BCUT2D eigenvalue weighted by molar-refractivity contribution is 5.72. The van der Waals surface area contributed by atoms with Gasteiger partial charge in [0.15, 0.2) is 0 Å². The lowest BCUT2D eigenvalue weighted by molar-refractivity contribution is 0.242. The van der Waals surface area contributed by atoms with Gasteiger partial charge in [-0.25, -0.2) is 0 Å². The van der Waals surface area contributed by atoms with E-state index in [2.05, 4.69) is 12.0 Å². The molecule has 2 N–H and O–H groups in total. The second kappa shape index (κ2) is 5.43. The highest BCUT2D eigenvalue weighted by Gasteiger charge is 2.30. The molecule has 3 rings (SSSR count). The maximum atomic E-state index is 6.14. The van der Waals surface area contributed by atoms with Gasteiger partial charge in [-0.15, -0.1) is 0 Å². The zero-order chi connectivity index (χ0) is 15.0. The fraction of sp³-hybridized carbons (Fsp3) is 0.471. The van der Waals surface area contributed by atoms with E-state index in [0.29, 0.717) is 6.04 Å². The topological polar surface area (TPSA) is 53.1 Å². The number of ether oxygens (including phenoxy) is 1. The van der Waals surface area contributed by atoms with E-state index in [1.54, 1.807) is 0 Å². The molecular weight excluding hydrogens is 262 g/mol. The Morgan fingerprint density at radius 3 is 2.43 bits per heavy atom. The van der Waals surface area contributed by atoms with Crippen molar-refractivity contribution in [1.82, 2.24) is 9.78 Å². The summed E-state index contributed by atoms with van der Waals surface area (Å²) in [6, 6.07) is 8.41. The number of rotatable bonds is 5. The van der Waals surface area contributed by atoms with E-state index < -0.39 is 0 Å². The summed E-state index contributed by atoms with van der Waals surface area (Å²) in [4.78, 5) is 0. The smallest absolute Gasteiger partial charge is 0.119 e. The second-order valence-corrected chi connectivity index (χ2v) is 6.18. The molecule has 4 nitrogen and oxygen atoms in total. The van der Waals surface area contributed by atoms with Gasteiger partial charge >= 0.3 is 0 Å². The van der Waals surface area contributed by atoms with Gasteiger partial charge in [-0.1, -0.05) is 0 Å². The first-order valence-electron chi connectivity index (χ1n) is 7.66. The van der Waals surface area contributed by atoms with Crippen LogP contribution in [0.1, 0.15) is 39.7 Å². The van der Waals surface area contributed by atoms with Crippen LogP contribution in [0, 0.1) is 5.92 Å². The van der Waals surface area contributed by atoms with Crippen molar-refractivity contribution in [3.05, 3.63) is 30.5 Å². The predicted octanol–water partition coefficient (Wildman–Crippen LogP) is 3.89. The molecule has 0 saturated heterocycles. The number of aromatic nitrogens is 2. The molecule has 1 atom stereocenters. The monoisotopic (exact) mass is 285 g/mol. The molecular formula is C17H23N3O. The van der Waals surface area contributed by atoms with Crippen LogP contribution in [-0.2, 0) is 0 Å². The zero-order valence-corrected chi connectivity index (χ0v) is 12.9. The van der Waals surface area contributed by atoms with E-state index in [1.807, 2.05) is 49.0 Å². The fourth-order valence-corrected chi connectivity index (χ4v) is 2.60. The van der Waals surface area contributed by atoms with E-state index in [9.17, 15) is 0 Å². The molecule has 112 valence electrons. The number of benzene rings is 1. The summed E-state index contributed by atoms with van der Waals surface area (Å²) in [7, 11) is 0. The van der Waals surface area contributed by atoms with E-state index >= 15 is 0 Å². The first-order valence-corrected chi connectivity index (χ1v) is 7.66. The Morgan fingerprint density at radius 2 is 1.86 bits per heavy atom. The van der Waals surface area contributed by atoms with Crippen molar-refractivity contribution in [3.8, 4) is 17.0 Å². The maximum Gasteiger partial charge on any atom is 0.119 e. The van der Waals surface area contributed by atoms with Crippen molar-refractivity contribution in [2.45, 2.75) is 45.8 Å². The minimum absolute atomic E-state index is 0.180. The summed E-state index contributed by atoms with van der Waals surface area (Å²) in [6.07, 6.45) is 4.74. The van der Waals surface area contributed by atoms with Crippen molar-refractivity contribution in [2.24, 2.45) is 5.92 Å². The number of nitrogen functional groups attached to an aromatic ring is 1. The van der Waals surface area contributed by atoms with Crippen LogP contribution in [0.15, 0.2) is 30.5 Å². The summed E-state index contributed by atoms with van der Waals surface area (Å²) in [5, 5.41) is 4.68. The lowest BCUT2D eigenvalue weighted by Gasteiger charge is -2.10. The van der Waals surface area contributed by atoms with Gasteiger partial charge in [0.1, 0.15) is 11.4 Å². The molecule has 0 aliphatic heterocycles. The van der Waals surface area contributed by atoms with Crippen LogP contribution >= 0.6 is 0 Å². The number of nitrogens with two attached hydrogens (primary N) is 1. The largest absolute Gasteiger partial charge is 0.491 e. The van der Waals surface area contributed by atoms with Gasteiger partial charge in [0.05, 0.1) is 17.8 Å². The Hall–Kier alpha value is -1.97. The molecule has 1 heterocycles. The van der Waals surface area contributed by atoms with Crippen LogP contribution in [0.25, 0.3) is 11.3 Å². The van der Waals surface area contributed by atoms with Crippen molar-refractivity contribution in [2.75, 3.05) is 5.73 Å². The lowest BCUT2D eigenvalue weighted by Crippen LogP contribution is -2.07. The molecule has 1 fully saturated rings. The molecule has 0 amide bonds. The summed E-state index contributed by atoms with van der Waals surface area (Å²) in [5.74, 6) is 1.64. The van der Waals surface area contributed by atoms with Crippen molar-refractivity contribution < 1.29 is 4.74 Å². The molecule has 1 unspecified atom stereocenters. The Morgan fingerprint density at radius 1 is 1.19 bits per heavy atom. The molecule has 1 aromatic heterocycles. The maximum absolute atomic E-state index is 6.14. The van der Waals surface area contributed by atoms with E-state index in [4.69, 9.17) is 10.5 Å². The first-order chi connectivity index (χ1) is 10.0. The third-order valence-electron chi connectivity index (χ3n) is 3.98. The molecule has 0 radical (unpaired) electrons. The van der Waals surface area contributed by atoms with Crippen LogP contribution in [0.4, 0.5) is 5.69 Å². The van der Waals surface area contributed by atoms with Gasteiger partial charge in [-0.3, -0.25) is 4.68 Å². The third-order valence-corrected chi connectivity index (χ3v) is 3.98. The summed E-state index contributed by atoms with van der Waals surface area (Å²) >= 11 is 0. The van der Waals surface area contributed by atoms with Gasteiger partial charge in [0.25, 0.3) is 0 Å². The van der Waals surface area contributed by atoms with Crippen LogP contribution in [0.5, 0.6) is 5.75 Å². The molecule has 0 spiro atoms. The van der Waals surface area contributed by atoms with Crippen LogP contribution < -0.4 is 10.5 Å². The first kappa shape index (κ1) is 14.0. The standard InChI is InChI=1S/C17H23N3O/c1-11(2)21-15-8-6-14(7-9-15)17-16(18)10-20(19-17)12(3)13-4-5-13/h6-13H,4-5,18H2,1-3H3. The van der Waals surface area contributed by atoms with Crippen LogP contribution in [0.2, 0.25) is 0 Å². The molecule has 1 aromatic carbocycles. The van der Waals surface area contributed by atoms with Gasteiger partial charge in [-0.2, -0.15) is 5.10 Å². The Bertz CT molecular complexity index is 611. The average Bonchev–Trinajstić information content (AvgIpc) is 3.21. The Labute approximate surface area is 125 Å². The van der Waals surface area contributed by atoms with Crippen molar-refractivity contribution in [1.29, 1.82) is 0 Å². The summed E-state index contributed by atoms with van der Waals surface area (Å²) < 4.78 is 7.68. The fourth-order valence-electron chi connectivity index (χ4n) is 2.60. The molecule has 2 aromatic rings. The van der Waals surface area contributed by atoms with Gasteiger partial charge in [0, 0.05) is 11.8 Å². The van der Waals surface area contributed by atoms with Crippen LogP contribution in [-0.4, -0.2) is 15.9 Å². The van der Waals surface area contributed by atoms with E-state index in [1.165, 1.54) is 12.8 Å². The number of hydrogen-bond acceptors (Lipinski definition) is 3. The second-order valence-electron chi connectivity index (χ2n) is 6.18. The zero-order valence-electron chi connectivity index (χ0n) is 12.9. The Kier molecular flexibility index (Phi) is 3.62. The molecule has 1 saturated carbocycles. The number of nitrogens with zero attached hydrogens (tertiary/aromatic N) is 2. The molecule has 0 bridgehead atoms. The van der Waals surface area contributed by atoms with E-state index in [0.717, 1.165) is 28.6 Å². The quantitative estimate of drug-likeness (QED) is 0.906. The SMILES string of the molecule is CC(C)Oc1ccc(-c2nn(C(C)C3CC3)cc2N)cc1.